The van der Waals surface area contributed by atoms with E-state index in [1.165, 1.54) is 69.0 Å². The smallest absolute Gasteiger partial charge is 0.161 e. The van der Waals surface area contributed by atoms with Crippen LogP contribution in [0.15, 0.2) is 215 Å². The summed E-state index contributed by atoms with van der Waals surface area (Å²) in [5.41, 5.74) is 13.1. The molecule has 1 aliphatic rings. The van der Waals surface area contributed by atoms with Crippen molar-refractivity contribution in [3.8, 4) is 33.4 Å². The van der Waals surface area contributed by atoms with Gasteiger partial charge in [0, 0.05) is 16.5 Å². The molecule has 59 heavy (non-hydrogen) atoms. The minimum atomic E-state index is -0.0105. The first-order chi connectivity index (χ1) is 29.2. The van der Waals surface area contributed by atoms with Gasteiger partial charge in [-0.25, -0.2) is 9.98 Å². The van der Waals surface area contributed by atoms with Crippen molar-refractivity contribution in [3.63, 3.8) is 0 Å². The van der Waals surface area contributed by atoms with E-state index in [0.717, 1.165) is 35.1 Å². The average Bonchev–Trinajstić information content (AvgIpc) is 3.32. The Balaban J connectivity index is 0.969. The summed E-state index contributed by atoms with van der Waals surface area (Å²) in [5.74, 6) is 1.18. The van der Waals surface area contributed by atoms with E-state index in [2.05, 4.69) is 176 Å². The molecule has 0 N–H and O–H groups in total. The van der Waals surface area contributed by atoms with Gasteiger partial charge in [-0.1, -0.05) is 213 Å². The number of fused-ring (bicyclic) bond motifs is 1. The van der Waals surface area contributed by atoms with Crippen molar-refractivity contribution in [1.29, 1.82) is 0 Å². The second kappa shape index (κ2) is 17.3. The standard InChI is InChI=1S/C56H47N3/c1-57-54(47-29-27-43(28-30-47)42-15-5-2-6-16-42)59-55(46-18-7-3-8-19-46)58-40-41-25-33-50(34-26-41)56(37-11-4-12-38-56)51-35-31-44(32-36-51)48-21-13-22-49(39-48)53-24-14-20-45-17-9-10-23-52(45)53/h2-3,5-10,13-36,39H,1,4,11-12,37-38,40H2. The number of benzene rings is 8. The van der Waals surface area contributed by atoms with Crippen LogP contribution in [0.25, 0.3) is 44.2 Å². The van der Waals surface area contributed by atoms with Gasteiger partial charge in [-0.2, -0.15) is 0 Å². The fourth-order valence-corrected chi connectivity index (χ4v) is 8.83. The van der Waals surface area contributed by atoms with Crippen LogP contribution in [-0.2, 0) is 12.0 Å². The molecule has 8 aromatic carbocycles. The Hall–Kier alpha value is -6.97. The summed E-state index contributed by atoms with van der Waals surface area (Å²) in [5, 5.41) is 2.55. The minimum Gasteiger partial charge on any atom is -0.261 e. The Bertz CT molecular complexity index is 2730. The van der Waals surface area contributed by atoms with Gasteiger partial charge in [0.25, 0.3) is 0 Å². The first-order valence-corrected chi connectivity index (χ1v) is 20.8. The maximum Gasteiger partial charge on any atom is 0.161 e. The summed E-state index contributed by atoms with van der Waals surface area (Å²) >= 11 is 0. The van der Waals surface area contributed by atoms with Gasteiger partial charge in [-0.05, 0) is 86.5 Å². The molecule has 0 saturated heterocycles. The molecule has 0 radical (unpaired) electrons. The SMILES string of the molecule is C=NC(=NC(=NCc1ccc(C2(c3ccc(-c4cccc(-c5cccc6ccccc56)c4)cc3)CCCCC2)cc1)c1ccccc1)c1ccc(-c2ccccc2)cc1. The lowest BCUT2D eigenvalue weighted by Gasteiger charge is -2.39. The van der Waals surface area contributed by atoms with E-state index in [4.69, 9.17) is 9.98 Å². The molecule has 286 valence electrons. The highest BCUT2D eigenvalue weighted by Crippen LogP contribution is 2.45. The van der Waals surface area contributed by atoms with Crippen molar-refractivity contribution in [1.82, 2.24) is 0 Å². The van der Waals surface area contributed by atoms with Crippen LogP contribution in [-0.4, -0.2) is 18.4 Å². The van der Waals surface area contributed by atoms with Crippen LogP contribution < -0.4 is 0 Å². The molecule has 1 saturated carbocycles. The lowest BCUT2D eigenvalue weighted by Crippen LogP contribution is -2.30. The summed E-state index contributed by atoms with van der Waals surface area (Å²) in [4.78, 5) is 14.4. The number of nitrogens with zero attached hydrogens (tertiary/aromatic N) is 3. The lowest BCUT2D eigenvalue weighted by molar-refractivity contribution is 0.346. The van der Waals surface area contributed by atoms with Gasteiger partial charge < -0.3 is 0 Å². The maximum absolute atomic E-state index is 5.08. The Morgan fingerprint density at radius 1 is 0.458 bits per heavy atom. The zero-order valence-corrected chi connectivity index (χ0v) is 33.3. The Morgan fingerprint density at radius 3 is 1.73 bits per heavy atom. The number of aliphatic imine (C=N–C) groups is 3. The predicted octanol–water partition coefficient (Wildman–Crippen LogP) is 14.2. The number of amidine groups is 2. The van der Waals surface area contributed by atoms with Crippen molar-refractivity contribution in [2.75, 3.05) is 0 Å². The monoisotopic (exact) mass is 761 g/mol. The summed E-state index contributed by atoms with van der Waals surface area (Å²) in [6.07, 6.45) is 6.05. The second-order valence-electron chi connectivity index (χ2n) is 15.6. The number of hydrogen-bond acceptors (Lipinski definition) is 1. The third-order valence-corrected chi connectivity index (χ3v) is 12.0. The molecule has 1 aliphatic carbocycles. The molecule has 0 atom stereocenters. The van der Waals surface area contributed by atoms with E-state index >= 15 is 0 Å². The first kappa shape index (κ1) is 37.6. The predicted molar refractivity (Wildman–Crippen MR) is 250 cm³/mol. The second-order valence-corrected chi connectivity index (χ2v) is 15.6. The molecule has 8 aromatic rings. The summed E-state index contributed by atoms with van der Waals surface area (Å²) in [7, 11) is 0. The minimum absolute atomic E-state index is 0.0105. The van der Waals surface area contributed by atoms with Crippen LogP contribution in [0.3, 0.4) is 0 Å². The molecule has 3 nitrogen and oxygen atoms in total. The van der Waals surface area contributed by atoms with Gasteiger partial charge in [0.05, 0.1) is 6.54 Å². The fourth-order valence-electron chi connectivity index (χ4n) is 8.83. The van der Waals surface area contributed by atoms with E-state index < -0.39 is 0 Å². The highest BCUT2D eigenvalue weighted by atomic mass is 15.0. The molecule has 3 heteroatoms. The lowest BCUT2D eigenvalue weighted by atomic mass is 9.65. The molecule has 9 rings (SSSR count). The van der Waals surface area contributed by atoms with Gasteiger partial charge >= 0.3 is 0 Å². The molecule has 0 unspecified atom stereocenters. The summed E-state index contributed by atoms with van der Waals surface area (Å²) in [6, 6.07) is 71.6. The highest BCUT2D eigenvalue weighted by Gasteiger charge is 2.35. The molecule has 0 aliphatic heterocycles. The summed E-state index contributed by atoms with van der Waals surface area (Å²) in [6.45, 7) is 4.38. The van der Waals surface area contributed by atoms with Crippen molar-refractivity contribution >= 4 is 29.2 Å². The van der Waals surface area contributed by atoms with E-state index in [-0.39, 0.29) is 5.41 Å². The van der Waals surface area contributed by atoms with Crippen LogP contribution in [0, 0.1) is 0 Å². The zero-order chi connectivity index (χ0) is 39.9. The largest absolute Gasteiger partial charge is 0.261 e. The quantitative estimate of drug-likeness (QED) is 0.104. The molecule has 0 heterocycles. The van der Waals surface area contributed by atoms with Gasteiger partial charge in [-0.15, -0.1) is 0 Å². The molecular weight excluding hydrogens is 715 g/mol. The van der Waals surface area contributed by atoms with Crippen molar-refractivity contribution in [2.45, 2.75) is 44.1 Å². The van der Waals surface area contributed by atoms with Crippen LogP contribution in [0.1, 0.15) is 59.9 Å². The first-order valence-electron chi connectivity index (χ1n) is 20.8. The van der Waals surface area contributed by atoms with Crippen molar-refractivity contribution in [3.05, 3.63) is 228 Å². The Kier molecular flexibility index (Phi) is 11.0. The van der Waals surface area contributed by atoms with Gasteiger partial charge in [0.15, 0.2) is 11.7 Å². The Labute approximate surface area is 348 Å². The van der Waals surface area contributed by atoms with Crippen LogP contribution in [0.4, 0.5) is 0 Å². The molecule has 0 amide bonds. The van der Waals surface area contributed by atoms with Crippen LogP contribution in [0.5, 0.6) is 0 Å². The molecule has 0 spiro atoms. The maximum atomic E-state index is 5.08. The van der Waals surface area contributed by atoms with Crippen LogP contribution in [0.2, 0.25) is 0 Å². The average molecular weight is 762 g/mol. The van der Waals surface area contributed by atoms with Gasteiger partial charge in [0.2, 0.25) is 0 Å². The third kappa shape index (κ3) is 8.10. The topological polar surface area (TPSA) is 37.1 Å². The van der Waals surface area contributed by atoms with E-state index in [0.29, 0.717) is 18.2 Å². The molecule has 0 bridgehead atoms. The van der Waals surface area contributed by atoms with Gasteiger partial charge in [0.1, 0.15) is 0 Å². The van der Waals surface area contributed by atoms with E-state index in [1.807, 2.05) is 36.4 Å². The zero-order valence-electron chi connectivity index (χ0n) is 33.3. The van der Waals surface area contributed by atoms with E-state index in [9.17, 15) is 0 Å². The number of hydrogen-bond donors (Lipinski definition) is 0. The molecular formula is C56H47N3. The van der Waals surface area contributed by atoms with Gasteiger partial charge in [-0.3, -0.25) is 4.99 Å². The molecule has 1 fully saturated rings. The normalized spacial score (nSPS) is 14.2. The van der Waals surface area contributed by atoms with E-state index in [1.54, 1.807) is 0 Å². The van der Waals surface area contributed by atoms with Crippen LogP contribution >= 0.6 is 0 Å². The molecule has 0 aromatic heterocycles. The highest BCUT2D eigenvalue weighted by molar-refractivity contribution is 6.12. The third-order valence-electron chi connectivity index (χ3n) is 12.0. The number of rotatable bonds is 9. The van der Waals surface area contributed by atoms with Crippen molar-refractivity contribution < 1.29 is 0 Å². The fraction of sp³-hybridized carbons (Fsp3) is 0.125. The summed E-state index contributed by atoms with van der Waals surface area (Å²) < 4.78 is 0. The Morgan fingerprint density at radius 2 is 1.00 bits per heavy atom. The van der Waals surface area contributed by atoms with Crippen molar-refractivity contribution in [2.24, 2.45) is 15.0 Å².